The van der Waals surface area contributed by atoms with Gasteiger partial charge in [0.1, 0.15) is 11.6 Å². The largest absolute Gasteiger partial charge is 0.459 e. The van der Waals surface area contributed by atoms with E-state index in [4.69, 9.17) is 10.5 Å². The molecule has 4 nitrogen and oxygen atoms in total. The molecule has 0 aliphatic carbocycles. The van der Waals surface area contributed by atoms with Crippen LogP contribution in [0.1, 0.15) is 33.6 Å². The third kappa shape index (κ3) is 4.18. The smallest absolute Gasteiger partial charge is 0.323 e. The topological polar surface area (TPSA) is 66.4 Å². The Morgan fingerprint density at radius 3 is 2.40 bits per heavy atom. The number of hydrogen-bond donors (Lipinski definition) is 1. The van der Waals surface area contributed by atoms with Crippen LogP contribution in [0.2, 0.25) is 0 Å². The predicted molar refractivity (Wildman–Crippen MR) is 58.4 cm³/mol. The van der Waals surface area contributed by atoms with E-state index >= 15 is 0 Å². The summed E-state index contributed by atoms with van der Waals surface area (Å²) in [7, 11) is 0. The Balaban J connectivity index is 2.44. The monoisotopic (exact) mass is 213 g/mol. The van der Waals surface area contributed by atoms with Crippen molar-refractivity contribution in [3.8, 4) is 0 Å². The van der Waals surface area contributed by atoms with E-state index in [9.17, 15) is 4.79 Å². The van der Waals surface area contributed by atoms with Gasteiger partial charge in [0.2, 0.25) is 0 Å². The zero-order chi connectivity index (χ0) is 11.5. The number of rotatable bonds is 2. The van der Waals surface area contributed by atoms with Crippen LogP contribution in [-0.2, 0) is 9.53 Å². The minimum Gasteiger partial charge on any atom is -0.459 e. The molecule has 1 rings (SSSR count). The van der Waals surface area contributed by atoms with Crippen LogP contribution in [0.4, 0.5) is 0 Å². The summed E-state index contributed by atoms with van der Waals surface area (Å²) in [5.41, 5.74) is 5.43. The lowest BCUT2D eigenvalue weighted by Gasteiger charge is -2.28. The quantitative estimate of drug-likeness (QED) is 0.686. The Morgan fingerprint density at radius 1 is 1.40 bits per heavy atom. The lowest BCUT2D eigenvalue weighted by Crippen LogP contribution is -2.45. The summed E-state index contributed by atoms with van der Waals surface area (Å²) in [6, 6.07) is -0.486. The molecule has 0 aromatic rings. The van der Waals surface area contributed by atoms with Crippen LogP contribution in [-0.4, -0.2) is 30.7 Å². The highest BCUT2D eigenvalue weighted by molar-refractivity contribution is 5.76. The Bertz CT molecular complexity index is 217. The van der Waals surface area contributed by atoms with Crippen molar-refractivity contribution in [2.75, 3.05) is 13.1 Å². The number of esters is 1. The predicted octanol–water partition coefficient (Wildman–Crippen LogP) is 0.670. The number of carbonyl (C=O) groups is 1. The maximum atomic E-state index is 11.7. The molecule has 1 atom stereocenters. The first kappa shape index (κ1) is 12.5. The molecule has 1 fully saturated rings. The zero-order valence-corrected chi connectivity index (χ0v) is 9.82. The van der Waals surface area contributed by atoms with Crippen molar-refractivity contribution in [3.63, 3.8) is 0 Å². The number of hydrogen-bond acceptors (Lipinski definition) is 3. The summed E-state index contributed by atoms with van der Waals surface area (Å²) >= 11 is 0. The normalized spacial score (nSPS) is 21.1. The maximum Gasteiger partial charge on any atom is 0.323 e. The van der Waals surface area contributed by atoms with Crippen LogP contribution in [0, 0.1) is 5.92 Å². The number of ether oxygens (including phenoxy) is 1. The fraction of sp³-hybridized carbons (Fsp3) is 0.909. The molecule has 1 heterocycles. The van der Waals surface area contributed by atoms with Crippen LogP contribution < -0.4 is 11.1 Å². The molecule has 0 aromatic carbocycles. The lowest BCUT2D eigenvalue weighted by atomic mass is 9.91. The van der Waals surface area contributed by atoms with E-state index in [1.165, 1.54) is 0 Å². The molecule has 1 unspecified atom stereocenters. The molecule has 1 saturated heterocycles. The van der Waals surface area contributed by atoms with Gasteiger partial charge in [0.15, 0.2) is 0 Å². The van der Waals surface area contributed by atoms with Crippen LogP contribution >= 0.6 is 0 Å². The van der Waals surface area contributed by atoms with Gasteiger partial charge in [-0.25, -0.2) is 5.32 Å². The Kier molecular flexibility index (Phi) is 4.11. The van der Waals surface area contributed by atoms with Crippen molar-refractivity contribution in [1.82, 2.24) is 5.32 Å². The number of piperidine rings is 1. The van der Waals surface area contributed by atoms with Crippen molar-refractivity contribution >= 4 is 5.97 Å². The first-order valence-electron chi connectivity index (χ1n) is 5.52. The van der Waals surface area contributed by atoms with Gasteiger partial charge in [-0.15, -0.1) is 0 Å². The average Bonchev–Trinajstić information content (AvgIpc) is 2.15. The molecule has 1 radical (unpaired) electrons. The van der Waals surface area contributed by atoms with Gasteiger partial charge < -0.3 is 10.5 Å². The van der Waals surface area contributed by atoms with Gasteiger partial charge in [-0.3, -0.25) is 4.79 Å². The van der Waals surface area contributed by atoms with Crippen LogP contribution in [0.25, 0.3) is 0 Å². The SMILES string of the molecule is CC(C)(C)OC(=O)C(N)C1CC[N]CC1. The molecular formula is C11H21N2O2. The van der Waals surface area contributed by atoms with Crippen LogP contribution in [0.5, 0.6) is 0 Å². The fourth-order valence-electron chi connectivity index (χ4n) is 1.69. The standard InChI is InChI=1S/C11H21N2O2/c1-11(2,3)15-10(14)9(12)8-4-6-13-7-5-8/h8-9H,4-7,12H2,1-3H3. The molecule has 87 valence electrons. The lowest BCUT2D eigenvalue weighted by molar-refractivity contribution is -0.158. The molecule has 2 N–H and O–H groups in total. The van der Waals surface area contributed by atoms with Gasteiger partial charge in [0, 0.05) is 13.1 Å². The molecule has 0 aromatic heterocycles. The van der Waals surface area contributed by atoms with E-state index < -0.39 is 11.6 Å². The van der Waals surface area contributed by atoms with E-state index in [0.717, 1.165) is 25.9 Å². The van der Waals surface area contributed by atoms with Crippen molar-refractivity contribution in [1.29, 1.82) is 0 Å². The average molecular weight is 213 g/mol. The van der Waals surface area contributed by atoms with Gasteiger partial charge in [-0.2, -0.15) is 0 Å². The van der Waals surface area contributed by atoms with E-state index in [0.29, 0.717) is 0 Å². The van der Waals surface area contributed by atoms with E-state index in [1.807, 2.05) is 20.8 Å². The third-order valence-electron chi connectivity index (χ3n) is 2.50. The minimum absolute atomic E-state index is 0.234. The second-order valence-corrected chi connectivity index (χ2v) is 5.07. The van der Waals surface area contributed by atoms with Crippen molar-refractivity contribution in [2.45, 2.75) is 45.3 Å². The first-order valence-corrected chi connectivity index (χ1v) is 5.52. The maximum absolute atomic E-state index is 11.7. The summed E-state index contributed by atoms with van der Waals surface area (Å²) in [5, 5.41) is 4.24. The van der Waals surface area contributed by atoms with E-state index in [1.54, 1.807) is 0 Å². The van der Waals surface area contributed by atoms with Crippen molar-refractivity contribution in [2.24, 2.45) is 11.7 Å². The summed E-state index contributed by atoms with van der Waals surface area (Å²) in [5.74, 6) is -0.0493. The molecule has 1 aliphatic heterocycles. The highest BCUT2D eigenvalue weighted by atomic mass is 16.6. The van der Waals surface area contributed by atoms with Crippen LogP contribution in [0.15, 0.2) is 0 Å². The molecule has 0 bridgehead atoms. The molecule has 4 heteroatoms. The third-order valence-corrected chi connectivity index (χ3v) is 2.50. The van der Waals surface area contributed by atoms with Gasteiger partial charge in [-0.05, 0) is 39.5 Å². The highest BCUT2D eigenvalue weighted by Gasteiger charge is 2.29. The second-order valence-electron chi connectivity index (χ2n) is 5.07. The Morgan fingerprint density at radius 2 is 1.93 bits per heavy atom. The van der Waals surface area contributed by atoms with Gasteiger partial charge >= 0.3 is 5.97 Å². The molecule has 0 saturated carbocycles. The highest BCUT2D eigenvalue weighted by Crippen LogP contribution is 2.18. The Hall–Kier alpha value is -0.610. The van der Waals surface area contributed by atoms with Crippen LogP contribution in [0.3, 0.4) is 0 Å². The fourth-order valence-corrected chi connectivity index (χ4v) is 1.69. The molecule has 0 amide bonds. The van der Waals surface area contributed by atoms with Gasteiger partial charge in [0.05, 0.1) is 0 Å². The summed E-state index contributed by atoms with van der Waals surface area (Å²) in [6.07, 6.45) is 1.81. The number of nitrogens with two attached hydrogens (primary N) is 1. The summed E-state index contributed by atoms with van der Waals surface area (Å²) in [6.45, 7) is 7.21. The number of carbonyl (C=O) groups excluding carboxylic acids is 1. The van der Waals surface area contributed by atoms with Gasteiger partial charge in [-0.1, -0.05) is 0 Å². The summed E-state index contributed by atoms with van der Waals surface area (Å²) < 4.78 is 5.26. The second kappa shape index (κ2) is 4.94. The minimum atomic E-state index is -0.486. The van der Waals surface area contributed by atoms with Gasteiger partial charge in [0.25, 0.3) is 0 Å². The van der Waals surface area contributed by atoms with Crippen molar-refractivity contribution in [3.05, 3.63) is 0 Å². The zero-order valence-electron chi connectivity index (χ0n) is 9.82. The van der Waals surface area contributed by atoms with E-state index in [2.05, 4.69) is 5.32 Å². The van der Waals surface area contributed by atoms with E-state index in [-0.39, 0.29) is 11.9 Å². The summed E-state index contributed by atoms with van der Waals surface area (Å²) in [4.78, 5) is 11.7. The first-order chi connectivity index (χ1) is 6.90. The number of nitrogens with zero attached hydrogens (tertiary/aromatic N) is 1. The molecular weight excluding hydrogens is 192 g/mol. The Labute approximate surface area is 91.5 Å². The molecule has 15 heavy (non-hydrogen) atoms. The van der Waals surface area contributed by atoms with Crippen molar-refractivity contribution < 1.29 is 9.53 Å². The molecule has 0 spiro atoms. The molecule has 1 aliphatic rings.